The molecule has 0 saturated heterocycles. The number of hydrogen-bond acceptors (Lipinski definition) is 5. The number of aliphatic hydroxyl groups excluding tert-OH is 1. The number of nitrogens with zero attached hydrogens (tertiary/aromatic N) is 4. The van der Waals surface area contributed by atoms with Crippen LogP contribution in [0, 0.1) is 0 Å². The molecule has 0 fully saturated rings. The first-order chi connectivity index (χ1) is 8.63. The highest BCUT2D eigenvalue weighted by molar-refractivity contribution is 5.26. The Morgan fingerprint density at radius 2 is 1.72 bits per heavy atom. The van der Waals surface area contributed by atoms with Crippen molar-refractivity contribution in [2.45, 2.75) is 25.8 Å². The van der Waals surface area contributed by atoms with Gasteiger partial charge in [0.15, 0.2) is 0 Å². The highest BCUT2D eigenvalue weighted by Crippen LogP contribution is 2.06. The first kappa shape index (κ1) is 14.9. The van der Waals surface area contributed by atoms with Gasteiger partial charge in [-0.1, -0.05) is 0 Å². The lowest BCUT2D eigenvalue weighted by Gasteiger charge is -2.16. The topological polar surface area (TPSA) is 52.5 Å². The van der Waals surface area contributed by atoms with Crippen LogP contribution < -0.4 is 4.90 Å². The van der Waals surface area contributed by atoms with Crippen molar-refractivity contribution in [3.05, 3.63) is 18.0 Å². The number of rotatable bonds is 8. The zero-order valence-corrected chi connectivity index (χ0v) is 11.6. The van der Waals surface area contributed by atoms with Crippen LogP contribution in [0.2, 0.25) is 0 Å². The molecule has 1 heterocycles. The molecule has 0 bridgehead atoms. The summed E-state index contributed by atoms with van der Waals surface area (Å²) in [5, 5.41) is 8.70. The van der Waals surface area contributed by atoms with Crippen molar-refractivity contribution in [1.82, 2.24) is 14.9 Å². The maximum atomic E-state index is 8.70. The van der Waals surface area contributed by atoms with Gasteiger partial charge in [-0.05, 0) is 32.9 Å². The minimum absolute atomic E-state index is 0.295. The van der Waals surface area contributed by atoms with Crippen LogP contribution in [-0.2, 0) is 6.54 Å². The lowest BCUT2D eigenvalue weighted by atomic mass is 10.2. The Bertz CT molecular complexity index is 326. The zero-order valence-electron chi connectivity index (χ0n) is 11.6. The van der Waals surface area contributed by atoms with E-state index < -0.39 is 0 Å². The summed E-state index contributed by atoms with van der Waals surface area (Å²) in [6, 6.07) is 0. The number of unbranched alkanes of at least 4 members (excludes halogenated alkanes) is 2. The van der Waals surface area contributed by atoms with Gasteiger partial charge in [-0.2, -0.15) is 0 Å². The number of aromatic nitrogens is 2. The summed E-state index contributed by atoms with van der Waals surface area (Å²) in [5.41, 5.74) is 1.13. The third-order valence-electron chi connectivity index (χ3n) is 2.74. The van der Waals surface area contributed by atoms with E-state index >= 15 is 0 Å². The minimum atomic E-state index is 0.295. The summed E-state index contributed by atoms with van der Waals surface area (Å²) in [7, 11) is 5.96. The molecule has 0 atom stereocenters. The first-order valence-corrected chi connectivity index (χ1v) is 6.41. The van der Waals surface area contributed by atoms with Gasteiger partial charge in [0.25, 0.3) is 0 Å². The summed E-state index contributed by atoms with van der Waals surface area (Å²) in [4.78, 5) is 12.7. The average molecular weight is 252 g/mol. The monoisotopic (exact) mass is 252 g/mol. The zero-order chi connectivity index (χ0) is 13.4. The fraction of sp³-hybridized carbons (Fsp3) is 0.692. The van der Waals surface area contributed by atoms with Gasteiger partial charge in [0.2, 0.25) is 5.95 Å². The lowest BCUT2D eigenvalue weighted by Crippen LogP contribution is -2.20. The van der Waals surface area contributed by atoms with Crippen LogP contribution in [0.25, 0.3) is 0 Å². The fourth-order valence-electron chi connectivity index (χ4n) is 1.72. The predicted molar refractivity (Wildman–Crippen MR) is 73.6 cm³/mol. The molecule has 0 aromatic carbocycles. The fourth-order valence-corrected chi connectivity index (χ4v) is 1.72. The van der Waals surface area contributed by atoms with E-state index in [1.54, 1.807) is 0 Å². The molecule has 5 nitrogen and oxygen atoms in total. The summed E-state index contributed by atoms with van der Waals surface area (Å²) >= 11 is 0. The SMILES string of the molecule is CN(CCCCCO)Cc1cnc(N(C)C)nc1. The second-order valence-electron chi connectivity index (χ2n) is 4.81. The van der Waals surface area contributed by atoms with Gasteiger partial charge in [-0.25, -0.2) is 9.97 Å². The molecule has 102 valence electrons. The smallest absolute Gasteiger partial charge is 0.224 e. The Morgan fingerprint density at radius 3 is 2.28 bits per heavy atom. The largest absolute Gasteiger partial charge is 0.396 e. The van der Waals surface area contributed by atoms with Gasteiger partial charge in [0.05, 0.1) is 0 Å². The van der Waals surface area contributed by atoms with Gasteiger partial charge >= 0.3 is 0 Å². The number of aliphatic hydroxyl groups is 1. The molecular formula is C13H24N4O. The second kappa shape index (κ2) is 8.00. The van der Waals surface area contributed by atoms with Crippen molar-refractivity contribution in [2.24, 2.45) is 0 Å². The van der Waals surface area contributed by atoms with Crippen molar-refractivity contribution in [3.8, 4) is 0 Å². The van der Waals surface area contributed by atoms with Crippen molar-refractivity contribution < 1.29 is 5.11 Å². The Morgan fingerprint density at radius 1 is 1.06 bits per heavy atom. The molecule has 0 spiro atoms. The van der Waals surface area contributed by atoms with Gasteiger partial charge in [-0.3, -0.25) is 0 Å². The van der Waals surface area contributed by atoms with Gasteiger partial charge in [0, 0.05) is 45.2 Å². The third kappa shape index (κ3) is 5.42. The molecule has 0 amide bonds. The molecule has 0 saturated carbocycles. The van der Waals surface area contributed by atoms with Crippen LogP contribution in [-0.4, -0.2) is 54.3 Å². The molecule has 0 aliphatic heterocycles. The molecule has 1 aromatic heterocycles. The molecule has 0 radical (unpaired) electrons. The van der Waals surface area contributed by atoms with Gasteiger partial charge in [-0.15, -0.1) is 0 Å². The summed E-state index contributed by atoms with van der Waals surface area (Å²) in [6.07, 6.45) is 6.86. The van der Waals surface area contributed by atoms with E-state index in [1.807, 2.05) is 31.4 Å². The molecule has 1 aromatic rings. The Labute approximate surface area is 109 Å². The maximum Gasteiger partial charge on any atom is 0.224 e. The van der Waals surface area contributed by atoms with Crippen molar-refractivity contribution in [1.29, 1.82) is 0 Å². The van der Waals surface area contributed by atoms with Gasteiger partial charge in [0.1, 0.15) is 0 Å². The van der Waals surface area contributed by atoms with Gasteiger partial charge < -0.3 is 14.9 Å². The molecule has 5 heteroatoms. The normalized spacial score (nSPS) is 10.9. The van der Waals surface area contributed by atoms with Crippen molar-refractivity contribution >= 4 is 5.95 Å². The van der Waals surface area contributed by atoms with Crippen LogP contribution in [0.15, 0.2) is 12.4 Å². The Balaban J connectivity index is 2.32. The Hall–Kier alpha value is -1.20. The summed E-state index contributed by atoms with van der Waals surface area (Å²) in [5.74, 6) is 0.740. The second-order valence-corrected chi connectivity index (χ2v) is 4.81. The van der Waals surface area contributed by atoms with E-state index in [2.05, 4.69) is 21.9 Å². The van der Waals surface area contributed by atoms with E-state index in [0.717, 1.165) is 43.9 Å². The lowest BCUT2D eigenvalue weighted by molar-refractivity contribution is 0.271. The molecule has 0 unspecified atom stereocenters. The molecule has 1 rings (SSSR count). The minimum Gasteiger partial charge on any atom is -0.396 e. The van der Waals surface area contributed by atoms with Crippen LogP contribution in [0.5, 0.6) is 0 Å². The molecule has 18 heavy (non-hydrogen) atoms. The summed E-state index contributed by atoms with van der Waals surface area (Å²) in [6.45, 7) is 2.20. The number of hydrogen-bond donors (Lipinski definition) is 1. The van der Waals surface area contributed by atoms with Crippen LogP contribution >= 0.6 is 0 Å². The van der Waals surface area contributed by atoms with E-state index in [-0.39, 0.29) is 0 Å². The Kier molecular flexibility index (Phi) is 6.60. The number of anilines is 1. The quantitative estimate of drug-likeness (QED) is 0.703. The third-order valence-corrected chi connectivity index (χ3v) is 2.74. The predicted octanol–water partition coefficient (Wildman–Crippen LogP) is 1.14. The average Bonchev–Trinajstić information content (AvgIpc) is 2.35. The van der Waals surface area contributed by atoms with E-state index in [1.165, 1.54) is 0 Å². The van der Waals surface area contributed by atoms with E-state index in [0.29, 0.717) is 6.61 Å². The van der Waals surface area contributed by atoms with E-state index in [9.17, 15) is 0 Å². The van der Waals surface area contributed by atoms with Crippen LogP contribution in [0.3, 0.4) is 0 Å². The summed E-state index contributed by atoms with van der Waals surface area (Å²) < 4.78 is 0. The standard InChI is InChI=1S/C13H24N4O/c1-16(2)13-14-9-12(10-15-13)11-17(3)7-5-4-6-8-18/h9-10,18H,4-8,11H2,1-3H3. The van der Waals surface area contributed by atoms with Crippen molar-refractivity contribution in [3.63, 3.8) is 0 Å². The maximum absolute atomic E-state index is 8.70. The highest BCUT2D eigenvalue weighted by atomic mass is 16.2. The van der Waals surface area contributed by atoms with E-state index in [4.69, 9.17) is 5.11 Å². The molecular weight excluding hydrogens is 228 g/mol. The highest BCUT2D eigenvalue weighted by Gasteiger charge is 2.03. The van der Waals surface area contributed by atoms with Crippen molar-refractivity contribution in [2.75, 3.05) is 39.2 Å². The molecule has 1 N–H and O–H groups in total. The molecule has 0 aliphatic carbocycles. The molecule has 0 aliphatic rings. The first-order valence-electron chi connectivity index (χ1n) is 6.41. The van der Waals surface area contributed by atoms with Crippen LogP contribution in [0.4, 0.5) is 5.95 Å². The van der Waals surface area contributed by atoms with Crippen LogP contribution in [0.1, 0.15) is 24.8 Å².